The van der Waals surface area contributed by atoms with Crippen LogP contribution in [0.1, 0.15) is 0 Å². The Kier molecular flexibility index (Phi) is 6.52. The van der Waals surface area contributed by atoms with Crippen LogP contribution in [0.3, 0.4) is 0 Å². The van der Waals surface area contributed by atoms with Gasteiger partial charge >= 0.3 is 47.6 Å². The van der Waals surface area contributed by atoms with Crippen LogP contribution in [-0.2, 0) is 0 Å². The van der Waals surface area contributed by atoms with E-state index in [2.05, 4.69) is 14.8 Å². The van der Waals surface area contributed by atoms with Crippen molar-refractivity contribution >= 4 is 26.7 Å². The van der Waals surface area contributed by atoms with Crippen LogP contribution in [-0.4, -0.2) is 32.8 Å². The fourth-order valence-electron chi connectivity index (χ4n) is 0. The monoisotopic (exact) mass is 302 g/mol. The van der Waals surface area contributed by atoms with Gasteiger partial charge in [0.25, 0.3) is 0 Å². The van der Waals surface area contributed by atoms with Crippen molar-refractivity contribution in [3.8, 4) is 0 Å². The molecular weight excluding hydrogens is 292 g/mol. The standard InChI is InChI=1S/CBF6.3CH3.Sn/c3-1(4,5)2(6,7)8;;;;/h;3*1H3;/q-1;;;;+1. The van der Waals surface area contributed by atoms with E-state index in [4.69, 9.17) is 0 Å². The second-order valence-corrected chi connectivity index (χ2v) is 11.2. The van der Waals surface area contributed by atoms with Gasteiger partial charge in [0.1, 0.15) is 0 Å². The van der Waals surface area contributed by atoms with Gasteiger partial charge in [-0.1, -0.05) is 0 Å². The molecular formula is C4H9BF6Sn. The van der Waals surface area contributed by atoms with Crippen molar-refractivity contribution in [3.05, 3.63) is 0 Å². The van der Waals surface area contributed by atoms with Crippen LogP contribution in [0.4, 0.5) is 26.1 Å². The third kappa shape index (κ3) is 10.4. The molecule has 0 aromatic rings. The molecule has 0 rings (SSSR count). The van der Waals surface area contributed by atoms with Gasteiger partial charge in [-0.15, -0.1) is 0 Å². The summed E-state index contributed by atoms with van der Waals surface area (Å²) >= 11 is -0.543. The van der Waals surface area contributed by atoms with Crippen LogP contribution in [0.25, 0.3) is 0 Å². The minimum atomic E-state index is -6.65. The molecule has 0 bridgehead atoms. The molecule has 0 N–H and O–H groups in total. The summed E-state index contributed by atoms with van der Waals surface area (Å²) in [7, 11) is 0. The van der Waals surface area contributed by atoms with E-state index in [9.17, 15) is 26.1 Å². The Morgan fingerprint density at radius 2 is 1.00 bits per heavy atom. The normalized spacial score (nSPS) is 11.8. The summed E-state index contributed by atoms with van der Waals surface area (Å²) < 4.78 is 62.9. The predicted molar refractivity (Wildman–Crippen MR) is 38.5 cm³/mol. The van der Waals surface area contributed by atoms with Crippen LogP contribution >= 0.6 is 0 Å². The second kappa shape index (κ2) is 5.23. The Morgan fingerprint density at radius 3 is 1.00 bits per heavy atom. The Balaban J connectivity index is 0. The molecule has 0 fully saturated rings. The average Bonchev–Trinajstić information content (AvgIpc) is 1.55. The number of hydrogen-bond acceptors (Lipinski definition) is 0. The third-order valence-corrected chi connectivity index (χ3v) is 0.371. The van der Waals surface area contributed by atoms with Crippen molar-refractivity contribution in [1.29, 1.82) is 0 Å². The molecule has 0 aromatic carbocycles. The summed E-state index contributed by atoms with van der Waals surface area (Å²) in [6, 6.07) is 0. The van der Waals surface area contributed by atoms with E-state index in [1.165, 1.54) is 0 Å². The van der Waals surface area contributed by atoms with Gasteiger partial charge in [-0.25, -0.2) is 13.2 Å². The van der Waals surface area contributed by atoms with Crippen LogP contribution in [0.2, 0.25) is 14.8 Å². The zero-order chi connectivity index (χ0) is 10.6. The van der Waals surface area contributed by atoms with Gasteiger partial charge in [0.15, 0.2) is 0 Å². The summed E-state index contributed by atoms with van der Waals surface area (Å²) in [6.07, 6.45) is -6.00. The summed E-state index contributed by atoms with van der Waals surface area (Å²) in [5.41, 5.74) is 0. The number of halogens is 6. The number of rotatable bonds is 0. The molecule has 0 radical (unpaired) electrons. The van der Waals surface area contributed by atoms with E-state index in [0.717, 1.165) is 0 Å². The Hall–Kier alpha value is 0.444. The first-order valence-electron chi connectivity index (χ1n) is 3.01. The van der Waals surface area contributed by atoms with Gasteiger partial charge < -0.3 is 12.9 Å². The van der Waals surface area contributed by atoms with Crippen molar-refractivity contribution in [2.45, 2.75) is 20.9 Å². The molecule has 0 heterocycles. The summed E-state index contributed by atoms with van der Waals surface area (Å²) in [5, 5.41) is 0. The molecule has 12 heavy (non-hydrogen) atoms. The van der Waals surface area contributed by atoms with Gasteiger partial charge in [-0.05, 0) is 0 Å². The first kappa shape index (κ1) is 14.9. The first-order chi connectivity index (χ1) is 4.98. The summed E-state index contributed by atoms with van der Waals surface area (Å²) in [4.78, 5) is 7.09. The Morgan fingerprint density at radius 1 is 0.917 bits per heavy atom. The fourth-order valence-corrected chi connectivity index (χ4v) is 0. The summed E-state index contributed by atoms with van der Waals surface area (Å²) in [6.45, 7) is -6.65. The van der Waals surface area contributed by atoms with Crippen molar-refractivity contribution < 1.29 is 26.1 Å². The molecule has 0 aliphatic heterocycles. The maximum absolute atomic E-state index is 10.5. The molecule has 0 aromatic heterocycles. The molecule has 0 aliphatic carbocycles. The maximum atomic E-state index is 10.5. The van der Waals surface area contributed by atoms with Crippen LogP contribution in [0, 0.1) is 0 Å². The van der Waals surface area contributed by atoms with Gasteiger partial charge in [0.2, 0.25) is 0 Å². The third-order valence-electron chi connectivity index (χ3n) is 0.371. The van der Waals surface area contributed by atoms with Gasteiger partial charge in [0, 0.05) is 0 Å². The molecule has 0 spiro atoms. The van der Waals surface area contributed by atoms with E-state index >= 15 is 0 Å². The van der Waals surface area contributed by atoms with Crippen LogP contribution in [0.5, 0.6) is 0 Å². The zero-order valence-corrected chi connectivity index (χ0v) is 9.70. The van der Waals surface area contributed by atoms with Crippen LogP contribution < -0.4 is 0 Å². The van der Waals surface area contributed by atoms with Crippen LogP contribution in [0.15, 0.2) is 0 Å². The van der Waals surface area contributed by atoms with Crippen molar-refractivity contribution in [1.82, 2.24) is 0 Å². The van der Waals surface area contributed by atoms with Gasteiger partial charge in [0.05, 0.1) is 0 Å². The predicted octanol–water partition coefficient (Wildman–Crippen LogP) is 3.31. The topological polar surface area (TPSA) is 0 Å². The van der Waals surface area contributed by atoms with Crippen molar-refractivity contribution in [2.75, 3.05) is 0 Å². The summed E-state index contributed by atoms with van der Waals surface area (Å²) in [5.74, 6) is 0. The molecule has 0 saturated carbocycles. The average molecular weight is 301 g/mol. The molecule has 0 amide bonds. The molecule has 0 unspecified atom stereocenters. The van der Waals surface area contributed by atoms with E-state index in [-0.39, 0.29) is 0 Å². The fraction of sp³-hybridized carbons (Fsp3) is 1.00. The Labute approximate surface area is 74.1 Å². The molecule has 74 valence electrons. The van der Waals surface area contributed by atoms with Crippen molar-refractivity contribution in [3.63, 3.8) is 0 Å². The van der Waals surface area contributed by atoms with Crippen molar-refractivity contribution in [2.24, 2.45) is 0 Å². The molecule has 0 nitrogen and oxygen atoms in total. The Bertz CT molecular complexity index is 101. The number of alkyl halides is 3. The molecule has 0 atom stereocenters. The van der Waals surface area contributed by atoms with Gasteiger partial charge in [-0.3, -0.25) is 0 Å². The second-order valence-electron chi connectivity index (χ2n) is 2.62. The van der Waals surface area contributed by atoms with E-state index in [1.54, 1.807) is 0 Å². The van der Waals surface area contributed by atoms with E-state index in [1.807, 2.05) is 0 Å². The first-order valence-corrected chi connectivity index (χ1v) is 11.6. The zero-order valence-electron chi connectivity index (χ0n) is 6.85. The molecule has 0 saturated heterocycles. The van der Waals surface area contributed by atoms with Gasteiger partial charge in [-0.2, -0.15) is 0 Å². The minimum absolute atomic E-state index is 0.543. The van der Waals surface area contributed by atoms with E-state index in [0.29, 0.717) is 0 Å². The quantitative estimate of drug-likeness (QED) is 0.476. The molecule has 8 heteroatoms. The SMILES string of the molecule is F[B-](F)(F)C(F)(F)F.[CH3][Sn+]([CH3])[CH3]. The molecule has 0 aliphatic rings. The van der Waals surface area contributed by atoms with E-state index < -0.39 is 32.8 Å². The number of hydrogen-bond donors (Lipinski definition) is 0.